The predicted octanol–water partition coefficient (Wildman–Crippen LogP) is 1.15. The molecule has 3 nitrogen and oxygen atoms in total. The van der Waals surface area contributed by atoms with Gasteiger partial charge in [-0.1, -0.05) is 11.8 Å². The molecule has 0 aliphatic carbocycles. The van der Waals surface area contributed by atoms with Gasteiger partial charge in [-0.15, -0.1) is 11.3 Å². The van der Waals surface area contributed by atoms with Gasteiger partial charge in [0.25, 0.3) is 0 Å². The summed E-state index contributed by atoms with van der Waals surface area (Å²) in [6.45, 7) is 0.532. The van der Waals surface area contributed by atoms with E-state index in [1.807, 2.05) is 0 Å². The fourth-order valence-electron chi connectivity index (χ4n) is 0.742. The van der Waals surface area contributed by atoms with Crippen molar-refractivity contribution in [2.24, 2.45) is 5.73 Å². The molecule has 1 aromatic heterocycles. The topological polar surface area (TPSA) is 63.3 Å². The summed E-state index contributed by atoms with van der Waals surface area (Å²) in [5.41, 5.74) is 5.25. The molecule has 3 N–H and O–H groups in total. The molecule has 1 heterocycles. The predicted molar refractivity (Wildman–Crippen MR) is 51.8 cm³/mol. The largest absolute Gasteiger partial charge is 0.477 e. The van der Waals surface area contributed by atoms with Gasteiger partial charge >= 0.3 is 5.97 Å². The summed E-state index contributed by atoms with van der Waals surface area (Å²) < 4.78 is 0. The van der Waals surface area contributed by atoms with Gasteiger partial charge in [0.05, 0.1) is 4.88 Å². The van der Waals surface area contributed by atoms with E-state index >= 15 is 0 Å². The molecule has 0 amide bonds. The van der Waals surface area contributed by atoms with E-state index in [-0.39, 0.29) is 0 Å². The summed E-state index contributed by atoms with van der Waals surface area (Å²) in [7, 11) is 0. The number of rotatable bonds is 2. The third-order valence-electron chi connectivity index (χ3n) is 1.30. The first kappa shape index (κ1) is 9.78. The zero-order chi connectivity index (χ0) is 9.68. The van der Waals surface area contributed by atoms with Crippen molar-refractivity contribution in [3.8, 4) is 11.8 Å². The van der Waals surface area contributed by atoms with Crippen LogP contribution in [-0.2, 0) is 0 Å². The van der Waals surface area contributed by atoms with Crippen LogP contribution in [-0.4, -0.2) is 17.6 Å². The van der Waals surface area contributed by atoms with Crippen LogP contribution in [0.5, 0.6) is 0 Å². The molecule has 0 bridgehead atoms. The fraction of sp³-hybridized carbons (Fsp3) is 0.222. The smallest absolute Gasteiger partial charge is 0.345 e. The van der Waals surface area contributed by atoms with E-state index < -0.39 is 5.97 Å². The van der Waals surface area contributed by atoms with Crippen LogP contribution >= 0.6 is 11.3 Å². The van der Waals surface area contributed by atoms with Gasteiger partial charge in [0.2, 0.25) is 0 Å². The summed E-state index contributed by atoms with van der Waals surface area (Å²) in [5.74, 6) is 4.79. The monoisotopic (exact) mass is 195 g/mol. The lowest BCUT2D eigenvalue weighted by Crippen LogP contribution is -1.95. The number of thiophene rings is 1. The van der Waals surface area contributed by atoms with Gasteiger partial charge in [0, 0.05) is 13.0 Å². The van der Waals surface area contributed by atoms with Crippen molar-refractivity contribution >= 4 is 17.3 Å². The quantitative estimate of drug-likeness (QED) is 0.696. The summed E-state index contributed by atoms with van der Waals surface area (Å²) in [6, 6.07) is 3.26. The number of nitrogens with two attached hydrogens (primary N) is 1. The molecule has 0 aliphatic rings. The minimum absolute atomic E-state index is 0.317. The Morgan fingerprint density at radius 1 is 1.62 bits per heavy atom. The molecule has 1 rings (SSSR count). The Morgan fingerprint density at radius 3 is 2.92 bits per heavy atom. The molecule has 0 saturated heterocycles. The highest BCUT2D eigenvalue weighted by Gasteiger charge is 2.04. The highest BCUT2D eigenvalue weighted by Crippen LogP contribution is 2.14. The standard InChI is InChI=1S/C9H9NO2S/c10-6-2-1-3-7-4-5-8(13-7)9(11)12/h4-5H,2,6,10H2,(H,11,12). The molecular formula is C9H9NO2S. The third-order valence-corrected chi connectivity index (χ3v) is 2.29. The Kier molecular flexibility index (Phi) is 3.50. The van der Waals surface area contributed by atoms with Gasteiger partial charge in [0.15, 0.2) is 0 Å². The molecule has 0 spiro atoms. The molecule has 0 radical (unpaired) electrons. The molecule has 0 aromatic carbocycles. The Balaban J connectivity index is 2.71. The van der Waals surface area contributed by atoms with Gasteiger partial charge in [-0.25, -0.2) is 4.79 Å². The van der Waals surface area contributed by atoms with E-state index in [1.165, 1.54) is 11.3 Å². The van der Waals surface area contributed by atoms with Crippen molar-refractivity contribution in [1.29, 1.82) is 0 Å². The maximum Gasteiger partial charge on any atom is 0.345 e. The minimum Gasteiger partial charge on any atom is -0.477 e. The summed E-state index contributed by atoms with van der Waals surface area (Å²) in [5, 5.41) is 8.61. The maximum absolute atomic E-state index is 10.5. The van der Waals surface area contributed by atoms with Crippen LogP contribution < -0.4 is 5.73 Å². The second kappa shape index (κ2) is 4.65. The van der Waals surface area contributed by atoms with Crippen molar-refractivity contribution in [2.45, 2.75) is 6.42 Å². The van der Waals surface area contributed by atoms with E-state index in [0.717, 1.165) is 4.88 Å². The molecular weight excluding hydrogens is 186 g/mol. The second-order valence-electron chi connectivity index (χ2n) is 2.31. The van der Waals surface area contributed by atoms with Gasteiger partial charge in [-0.2, -0.15) is 0 Å². The molecule has 1 aromatic rings. The Labute approximate surface area is 80.2 Å². The molecule has 0 fully saturated rings. The number of aromatic carboxylic acids is 1. The lowest BCUT2D eigenvalue weighted by Gasteiger charge is -1.81. The van der Waals surface area contributed by atoms with Gasteiger partial charge in [0.1, 0.15) is 4.88 Å². The summed E-state index contributed by atoms with van der Waals surface area (Å²) >= 11 is 1.18. The van der Waals surface area contributed by atoms with Crippen LogP contribution in [0.15, 0.2) is 12.1 Å². The molecule has 0 unspecified atom stereocenters. The number of carboxylic acids is 1. The number of carboxylic acid groups (broad SMARTS) is 1. The van der Waals surface area contributed by atoms with E-state index in [1.54, 1.807) is 12.1 Å². The third kappa shape index (κ3) is 2.90. The lowest BCUT2D eigenvalue weighted by molar-refractivity contribution is 0.0702. The normalized spacial score (nSPS) is 9.00. The van der Waals surface area contributed by atoms with Crippen molar-refractivity contribution in [3.05, 3.63) is 21.9 Å². The van der Waals surface area contributed by atoms with Crippen LogP contribution in [0.2, 0.25) is 0 Å². The minimum atomic E-state index is -0.906. The molecule has 0 aliphatic heterocycles. The Bertz CT molecular complexity index is 359. The van der Waals surface area contributed by atoms with Crippen LogP contribution in [0.25, 0.3) is 0 Å². The number of hydrogen-bond acceptors (Lipinski definition) is 3. The van der Waals surface area contributed by atoms with E-state index in [0.29, 0.717) is 17.8 Å². The number of hydrogen-bond donors (Lipinski definition) is 2. The van der Waals surface area contributed by atoms with E-state index in [2.05, 4.69) is 11.8 Å². The fourth-order valence-corrected chi connectivity index (χ4v) is 1.46. The van der Waals surface area contributed by atoms with Crippen LogP contribution in [0.4, 0.5) is 0 Å². The Hall–Kier alpha value is -1.31. The van der Waals surface area contributed by atoms with Crippen molar-refractivity contribution in [1.82, 2.24) is 0 Å². The maximum atomic E-state index is 10.5. The summed E-state index contributed by atoms with van der Waals surface area (Å²) in [6.07, 6.45) is 0.639. The second-order valence-corrected chi connectivity index (χ2v) is 3.39. The van der Waals surface area contributed by atoms with Gasteiger partial charge in [-0.3, -0.25) is 0 Å². The van der Waals surface area contributed by atoms with Crippen LogP contribution in [0.3, 0.4) is 0 Å². The van der Waals surface area contributed by atoms with Crippen molar-refractivity contribution in [3.63, 3.8) is 0 Å². The molecule has 68 valence electrons. The zero-order valence-electron chi connectivity index (χ0n) is 6.91. The summed E-state index contributed by atoms with van der Waals surface area (Å²) in [4.78, 5) is 11.6. The number of carbonyl (C=O) groups is 1. The molecule has 0 saturated carbocycles. The first-order valence-corrected chi connectivity index (χ1v) is 4.57. The molecule has 13 heavy (non-hydrogen) atoms. The lowest BCUT2D eigenvalue weighted by atomic mass is 10.4. The Morgan fingerprint density at radius 2 is 2.38 bits per heavy atom. The van der Waals surface area contributed by atoms with Gasteiger partial charge < -0.3 is 10.8 Å². The average Bonchev–Trinajstić information content (AvgIpc) is 2.53. The van der Waals surface area contributed by atoms with Crippen molar-refractivity contribution < 1.29 is 9.90 Å². The van der Waals surface area contributed by atoms with Crippen LogP contribution in [0.1, 0.15) is 21.0 Å². The first-order valence-electron chi connectivity index (χ1n) is 3.76. The average molecular weight is 195 g/mol. The van der Waals surface area contributed by atoms with Gasteiger partial charge in [-0.05, 0) is 12.1 Å². The SMILES string of the molecule is NCCC#Cc1ccc(C(=O)O)s1. The van der Waals surface area contributed by atoms with E-state index in [9.17, 15) is 4.79 Å². The zero-order valence-corrected chi connectivity index (χ0v) is 7.73. The highest BCUT2D eigenvalue weighted by molar-refractivity contribution is 7.14. The molecule has 0 atom stereocenters. The highest BCUT2D eigenvalue weighted by atomic mass is 32.1. The van der Waals surface area contributed by atoms with E-state index in [4.69, 9.17) is 10.8 Å². The van der Waals surface area contributed by atoms with Crippen molar-refractivity contribution in [2.75, 3.05) is 6.54 Å². The first-order chi connectivity index (χ1) is 6.24. The van der Waals surface area contributed by atoms with Crippen LogP contribution in [0, 0.1) is 11.8 Å². The molecule has 4 heteroatoms.